The molecule has 1 N–H and O–H groups in total. The fourth-order valence-corrected chi connectivity index (χ4v) is 2.87. The summed E-state index contributed by atoms with van der Waals surface area (Å²) in [5.41, 5.74) is 3.44. The molecule has 6 nitrogen and oxygen atoms in total. The summed E-state index contributed by atoms with van der Waals surface area (Å²) in [7, 11) is 3.48. The lowest BCUT2D eigenvalue weighted by Crippen LogP contribution is -2.08. The summed E-state index contributed by atoms with van der Waals surface area (Å²) >= 11 is 0. The Kier molecular flexibility index (Phi) is 3.94. The van der Waals surface area contributed by atoms with Gasteiger partial charge in [0.15, 0.2) is 0 Å². The van der Waals surface area contributed by atoms with Crippen LogP contribution in [0.1, 0.15) is 18.2 Å². The maximum Gasteiger partial charge on any atom is 0.216 e. The predicted octanol–water partition coefficient (Wildman–Crippen LogP) is 2.86. The number of hydrogen-bond acceptors (Lipinski definition) is 4. The lowest BCUT2D eigenvalue weighted by atomic mass is 10.2. The molecule has 0 fully saturated rings. The minimum atomic E-state index is -0.283. The van der Waals surface area contributed by atoms with E-state index in [0.29, 0.717) is 18.0 Å². The molecule has 0 atom stereocenters. The molecule has 1 aromatic carbocycles. The van der Waals surface area contributed by atoms with Crippen molar-refractivity contribution in [2.75, 3.05) is 12.4 Å². The van der Waals surface area contributed by atoms with Crippen LogP contribution < -0.4 is 10.1 Å². The molecule has 0 saturated carbocycles. The molecule has 3 aromatic rings. The highest BCUT2D eigenvalue weighted by atomic mass is 19.1. The Morgan fingerprint density at radius 1 is 1.35 bits per heavy atom. The van der Waals surface area contributed by atoms with Crippen LogP contribution in [0.3, 0.4) is 0 Å². The zero-order valence-electron chi connectivity index (χ0n) is 13.7. The molecule has 2 aromatic heterocycles. The fourth-order valence-electron chi connectivity index (χ4n) is 2.87. The summed E-state index contributed by atoms with van der Waals surface area (Å²) in [6.45, 7) is 5.26. The van der Waals surface area contributed by atoms with Crippen molar-refractivity contribution in [2.24, 2.45) is 7.05 Å². The third-order valence-electron chi connectivity index (χ3n) is 3.93. The molecule has 23 heavy (non-hydrogen) atoms. The third kappa shape index (κ3) is 2.62. The number of nitrogens with one attached hydrogen (secondary N) is 1. The number of benzene rings is 1. The van der Waals surface area contributed by atoms with Gasteiger partial charge in [-0.3, -0.25) is 0 Å². The fraction of sp³-hybridized carbons (Fsp3) is 0.375. The summed E-state index contributed by atoms with van der Waals surface area (Å²) in [5, 5.41) is 7.68. The van der Waals surface area contributed by atoms with E-state index in [4.69, 9.17) is 4.74 Å². The van der Waals surface area contributed by atoms with Gasteiger partial charge in [-0.15, -0.1) is 0 Å². The molecule has 2 heterocycles. The van der Waals surface area contributed by atoms with Crippen LogP contribution >= 0.6 is 0 Å². The first-order valence-electron chi connectivity index (χ1n) is 7.51. The number of fused-ring (bicyclic) bond motifs is 1. The van der Waals surface area contributed by atoms with Crippen LogP contribution in [0, 0.1) is 12.7 Å². The minimum Gasteiger partial charge on any atom is -0.481 e. The topological polar surface area (TPSA) is 56.9 Å². The maximum atomic E-state index is 13.4. The van der Waals surface area contributed by atoms with Crippen molar-refractivity contribution in [2.45, 2.75) is 26.9 Å². The summed E-state index contributed by atoms with van der Waals surface area (Å²) < 4.78 is 22.5. The quantitative estimate of drug-likeness (QED) is 0.786. The van der Waals surface area contributed by atoms with E-state index >= 15 is 0 Å². The Bertz CT molecular complexity index is 852. The van der Waals surface area contributed by atoms with Gasteiger partial charge in [0.1, 0.15) is 5.82 Å². The van der Waals surface area contributed by atoms with E-state index in [2.05, 4.69) is 15.4 Å². The molecular weight excluding hydrogens is 297 g/mol. The van der Waals surface area contributed by atoms with Gasteiger partial charge in [0.2, 0.25) is 11.8 Å². The predicted molar refractivity (Wildman–Crippen MR) is 87.2 cm³/mol. The largest absolute Gasteiger partial charge is 0.481 e. The average molecular weight is 317 g/mol. The molecule has 122 valence electrons. The second-order valence-electron chi connectivity index (χ2n) is 5.36. The molecule has 0 aliphatic carbocycles. The van der Waals surface area contributed by atoms with E-state index in [-0.39, 0.29) is 5.82 Å². The SMILES string of the molecule is CCn1c(NCc2c(C)nn(C)c2OC)nc2cc(F)ccc21. The van der Waals surface area contributed by atoms with Gasteiger partial charge in [-0.2, -0.15) is 5.10 Å². The van der Waals surface area contributed by atoms with Crippen LogP contribution in [0.25, 0.3) is 11.0 Å². The second-order valence-corrected chi connectivity index (χ2v) is 5.36. The minimum absolute atomic E-state index is 0.283. The van der Waals surface area contributed by atoms with Gasteiger partial charge in [0.05, 0.1) is 35.9 Å². The van der Waals surface area contributed by atoms with Crippen LogP contribution in [-0.2, 0) is 20.1 Å². The number of imidazole rings is 1. The molecule has 0 aliphatic heterocycles. The van der Waals surface area contributed by atoms with E-state index in [1.54, 1.807) is 17.9 Å². The van der Waals surface area contributed by atoms with E-state index in [0.717, 1.165) is 29.2 Å². The van der Waals surface area contributed by atoms with Gasteiger partial charge < -0.3 is 14.6 Å². The molecule has 0 spiro atoms. The van der Waals surface area contributed by atoms with Crippen LogP contribution in [0.5, 0.6) is 5.88 Å². The number of methoxy groups -OCH3 is 1. The smallest absolute Gasteiger partial charge is 0.216 e. The molecule has 7 heteroatoms. The van der Waals surface area contributed by atoms with Gasteiger partial charge in [0.25, 0.3) is 0 Å². The number of anilines is 1. The van der Waals surface area contributed by atoms with Crippen molar-refractivity contribution in [3.8, 4) is 5.88 Å². The Labute approximate surface area is 133 Å². The summed E-state index contributed by atoms with van der Waals surface area (Å²) in [6, 6.07) is 4.65. The first-order chi connectivity index (χ1) is 11.0. The van der Waals surface area contributed by atoms with Crippen molar-refractivity contribution in [3.63, 3.8) is 0 Å². The van der Waals surface area contributed by atoms with Crippen molar-refractivity contribution >= 4 is 17.0 Å². The van der Waals surface area contributed by atoms with Gasteiger partial charge in [-0.05, 0) is 26.0 Å². The number of ether oxygens (including phenoxy) is 1. The number of aromatic nitrogens is 4. The summed E-state index contributed by atoms with van der Waals surface area (Å²) in [6.07, 6.45) is 0. The molecule has 0 unspecified atom stereocenters. The normalized spacial score (nSPS) is 11.2. The van der Waals surface area contributed by atoms with Crippen LogP contribution in [0.15, 0.2) is 18.2 Å². The molecular formula is C16H20FN5O. The van der Waals surface area contributed by atoms with Crippen LogP contribution in [-0.4, -0.2) is 26.4 Å². The molecule has 3 rings (SSSR count). The highest BCUT2D eigenvalue weighted by molar-refractivity contribution is 5.78. The maximum absolute atomic E-state index is 13.4. The standard InChI is InChI=1S/C16H20FN5O/c1-5-22-14-7-6-11(17)8-13(14)19-16(22)18-9-12-10(2)20-21(3)15(12)23-4/h6-8H,5,9H2,1-4H3,(H,18,19). The van der Waals surface area contributed by atoms with Gasteiger partial charge in [0, 0.05) is 19.7 Å². The van der Waals surface area contributed by atoms with Crippen molar-refractivity contribution in [1.82, 2.24) is 19.3 Å². The first kappa shape index (κ1) is 15.3. The van der Waals surface area contributed by atoms with E-state index < -0.39 is 0 Å². The molecule has 0 bridgehead atoms. The van der Waals surface area contributed by atoms with Crippen molar-refractivity contribution < 1.29 is 9.13 Å². The number of rotatable bonds is 5. The zero-order chi connectivity index (χ0) is 16.6. The molecule has 0 radical (unpaired) electrons. The lowest BCUT2D eigenvalue weighted by Gasteiger charge is -2.09. The first-order valence-corrected chi connectivity index (χ1v) is 7.51. The van der Waals surface area contributed by atoms with E-state index in [9.17, 15) is 4.39 Å². The van der Waals surface area contributed by atoms with Gasteiger partial charge in [-0.25, -0.2) is 14.1 Å². The van der Waals surface area contributed by atoms with Crippen molar-refractivity contribution in [1.29, 1.82) is 0 Å². The Morgan fingerprint density at radius 2 is 2.13 bits per heavy atom. The van der Waals surface area contributed by atoms with Crippen LogP contribution in [0.2, 0.25) is 0 Å². The summed E-state index contributed by atoms with van der Waals surface area (Å²) in [4.78, 5) is 4.50. The Morgan fingerprint density at radius 3 is 2.83 bits per heavy atom. The molecule has 0 amide bonds. The third-order valence-corrected chi connectivity index (χ3v) is 3.93. The lowest BCUT2D eigenvalue weighted by molar-refractivity contribution is 0.369. The van der Waals surface area contributed by atoms with Crippen LogP contribution in [0.4, 0.5) is 10.3 Å². The molecule has 0 saturated heterocycles. The highest BCUT2D eigenvalue weighted by Crippen LogP contribution is 2.24. The second kappa shape index (κ2) is 5.91. The monoisotopic (exact) mass is 317 g/mol. The van der Waals surface area contributed by atoms with E-state index in [1.165, 1.54) is 12.1 Å². The number of nitrogens with zero attached hydrogens (tertiary/aromatic N) is 4. The zero-order valence-corrected chi connectivity index (χ0v) is 13.7. The van der Waals surface area contributed by atoms with Crippen molar-refractivity contribution in [3.05, 3.63) is 35.3 Å². The molecule has 0 aliphatic rings. The average Bonchev–Trinajstić information content (AvgIpc) is 3.00. The number of hydrogen-bond donors (Lipinski definition) is 1. The Hall–Kier alpha value is -2.57. The highest BCUT2D eigenvalue weighted by Gasteiger charge is 2.15. The summed E-state index contributed by atoms with van der Waals surface area (Å²) in [5.74, 6) is 1.15. The van der Waals surface area contributed by atoms with Gasteiger partial charge >= 0.3 is 0 Å². The number of aryl methyl sites for hydroxylation is 3. The number of halogens is 1. The van der Waals surface area contributed by atoms with Gasteiger partial charge in [-0.1, -0.05) is 0 Å². The van der Waals surface area contributed by atoms with E-state index in [1.807, 2.05) is 25.5 Å². The Balaban J connectivity index is 1.93.